The summed E-state index contributed by atoms with van der Waals surface area (Å²) in [4.78, 5) is 0. The van der Waals surface area contributed by atoms with Gasteiger partial charge in [0.25, 0.3) is 0 Å². The first-order chi connectivity index (χ1) is 8.77. The molecule has 0 nitrogen and oxygen atoms in total. The monoisotopic (exact) mass is 250 g/mol. The van der Waals surface area contributed by atoms with Crippen LogP contribution in [0.3, 0.4) is 0 Å². The van der Waals surface area contributed by atoms with Crippen LogP contribution in [-0.4, -0.2) is 16.3 Å². The average Bonchev–Trinajstić information content (AvgIpc) is 2.80. The van der Waals surface area contributed by atoms with Gasteiger partial charge in [-0.25, -0.2) is 0 Å². The Hall–Kier alpha value is -1.03. The van der Waals surface area contributed by atoms with Gasteiger partial charge in [-0.05, 0) is 23.1 Å². The summed E-state index contributed by atoms with van der Waals surface area (Å²) >= 11 is 2.82. The highest BCUT2D eigenvalue weighted by Gasteiger charge is 2.17. The zero-order valence-electron chi connectivity index (χ0n) is 11.2. The van der Waals surface area contributed by atoms with Crippen LogP contribution in [0.2, 0.25) is 0 Å². The molecule has 2 aromatic rings. The Morgan fingerprint density at radius 1 is 0.889 bits per heavy atom. The largest absolute Gasteiger partial charge is 0.176 e. The molecule has 0 unspecified atom stereocenters. The van der Waals surface area contributed by atoms with E-state index >= 15 is 0 Å². The maximum atomic E-state index is 2.82. The van der Waals surface area contributed by atoms with Crippen molar-refractivity contribution in [3.63, 3.8) is 0 Å². The van der Waals surface area contributed by atoms with E-state index in [1.165, 1.54) is 39.5 Å². The Kier molecular flexibility index (Phi) is 4.64. The first-order valence-corrected chi connectivity index (χ1v) is 7.31. The van der Waals surface area contributed by atoms with Crippen LogP contribution in [0.4, 0.5) is 0 Å². The van der Waals surface area contributed by atoms with Crippen LogP contribution < -0.4 is 4.43 Å². The number of unbranched alkanes of at least 4 members (excludes halogenated alkanes) is 1. The third-order valence-electron chi connectivity index (χ3n) is 3.39. The van der Waals surface area contributed by atoms with Crippen molar-refractivity contribution < 1.29 is 0 Å². The molecule has 0 atom stereocenters. The lowest BCUT2D eigenvalue weighted by Gasteiger charge is -2.03. The topological polar surface area (TPSA) is 0 Å². The van der Waals surface area contributed by atoms with Crippen LogP contribution in [0, 0.1) is 0 Å². The van der Waals surface area contributed by atoms with Crippen molar-refractivity contribution in [3.8, 4) is 11.1 Å². The molecule has 0 N–H and O–H groups in total. The van der Waals surface area contributed by atoms with Crippen molar-refractivity contribution in [3.05, 3.63) is 53.6 Å². The SMILES string of the molecule is CCCC.[Al][c]1cccc2c1Cc1ccccc1-2. The molecule has 0 fully saturated rings. The Bertz CT molecular complexity index is 527. The van der Waals surface area contributed by atoms with Gasteiger partial charge in [-0.15, -0.1) is 4.43 Å². The molecular formula is C17H19Al. The van der Waals surface area contributed by atoms with Crippen molar-refractivity contribution in [1.29, 1.82) is 0 Å². The molecule has 2 radical (unpaired) electrons. The number of hydrogen-bond acceptors (Lipinski definition) is 0. The molecule has 1 aliphatic carbocycles. The number of fused-ring (bicyclic) bond motifs is 3. The molecule has 0 aromatic heterocycles. The Labute approximate surface area is 118 Å². The van der Waals surface area contributed by atoms with Crippen molar-refractivity contribution in [2.24, 2.45) is 0 Å². The summed E-state index contributed by atoms with van der Waals surface area (Å²) in [5, 5.41) is 0. The van der Waals surface area contributed by atoms with Gasteiger partial charge in [0, 0.05) is 0 Å². The molecule has 18 heavy (non-hydrogen) atoms. The highest BCUT2D eigenvalue weighted by atomic mass is 27.0. The summed E-state index contributed by atoms with van der Waals surface area (Å²) in [7, 11) is 0. The van der Waals surface area contributed by atoms with Gasteiger partial charge in [-0.2, -0.15) is 0 Å². The maximum absolute atomic E-state index is 2.82. The fourth-order valence-electron chi connectivity index (χ4n) is 2.18. The first kappa shape index (κ1) is 13.4. The molecule has 0 amide bonds. The Morgan fingerprint density at radius 2 is 1.56 bits per heavy atom. The molecule has 0 spiro atoms. The van der Waals surface area contributed by atoms with Gasteiger partial charge >= 0.3 is 0 Å². The van der Waals surface area contributed by atoms with Crippen molar-refractivity contribution >= 4 is 20.7 Å². The maximum Gasteiger partial charge on any atom is 0.176 e. The van der Waals surface area contributed by atoms with Gasteiger partial charge in [0.15, 0.2) is 16.3 Å². The minimum absolute atomic E-state index is 1.09. The Balaban J connectivity index is 0.000000267. The van der Waals surface area contributed by atoms with Crippen LogP contribution in [-0.2, 0) is 6.42 Å². The minimum Gasteiger partial charge on any atom is -0.135 e. The summed E-state index contributed by atoms with van der Waals surface area (Å²) in [6, 6.07) is 15.2. The van der Waals surface area contributed by atoms with E-state index in [1.807, 2.05) is 0 Å². The molecule has 0 bridgehead atoms. The highest BCUT2D eigenvalue weighted by Crippen LogP contribution is 2.34. The summed E-state index contributed by atoms with van der Waals surface area (Å²) in [5.74, 6) is 0. The summed E-state index contributed by atoms with van der Waals surface area (Å²) in [6.07, 6.45) is 3.73. The number of hydrogen-bond donors (Lipinski definition) is 0. The number of rotatable bonds is 1. The van der Waals surface area contributed by atoms with Gasteiger partial charge in [-0.1, -0.05) is 74.7 Å². The molecule has 0 saturated heterocycles. The standard InChI is InChI=1S/C13H9.C4H10.Al/c1-3-7-12-10(5-1)9-11-6-2-4-8-13(11)12;1-3-4-2;/h1-5,7-8H,9H2;3-4H2,1-2H3;. The summed E-state index contributed by atoms with van der Waals surface area (Å²) in [5.41, 5.74) is 5.75. The molecule has 1 aliphatic rings. The Morgan fingerprint density at radius 3 is 2.28 bits per heavy atom. The van der Waals surface area contributed by atoms with Crippen molar-refractivity contribution in [1.82, 2.24) is 0 Å². The molecule has 3 rings (SSSR count). The van der Waals surface area contributed by atoms with Gasteiger partial charge in [-0.3, -0.25) is 0 Å². The van der Waals surface area contributed by atoms with E-state index in [0.717, 1.165) is 6.42 Å². The summed E-state index contributed by atoms with van der Waals surface area (Å²) < 4.78 is 1.33. The zero-order valence-corrected chi connectivity index (χ0v) is 12.4. The molecule has 2 aromatic carbocycles. The fraction of sp³-hybridized carbons (Fsp3) is 0.294. The lowest BCUT2D eigenvalue weighted by Crippen LogP contribution is -2.08. The summed E-state index contributed by atoms with van der Waals surface area (Å²) in [6.45, 7) is 4.36. The van der Waals surface area contributed by atoms with Crippen LogP contribution in [0.15, 0.2) is 42.5 Å². The zero-order chi connectivity index (χ0) is 13.0. The van der Waals surface area contributed by atoms with Crippen molar-refractivity contribution in [2.75, 3.05) is 0 Å². The third-order valence-corrected chi connectivity index (χ3v) is 3.93. The lowest BCUT2D eigenvalue weighted by molar-refractivity contribution is 0.886. The third kappa shape index (κ3) is 2.69. The molecular weight excluding hydrogens is 231 g/mol. The number of benzene rings is 2. The highest BCUT2D eigenvalue weighted by molar-refractivity contribution is 6.34. The predicted molar refractivity (Wildman–Crippen MR) is 80.7 cm³/mol. The van der Waals surface area contributed by atoms with Crippen LogP contribution in [0.5, 0.6) is 0 Å². The molecule has 1 heteroatoms. The minimum atomic E-state index is 1.09. The van der Waals surface area contributed by atoms with Gasteiger partial charge in [0.2, 0.25) is 0 Å². The second kappa shape index (κ2) is 6.23. The van der Waals surface area contributed by atoms with Gasteiger partial charge in [0.05, 0.1) is 0 Å². The lowest BCUT2D eigenvalue weighted by atomic mass is 10.1. The van der Waals surface area contributed by atoms with E-state index in [-0.39, 0.29) is 0 Å². The fourth-order valence-corrected chi connectivity index (χ4v) is 2.55. The second-order valence-electron chi connectivity index (χ2n) is 4.71. The van der Waals surface area contributed by atoms with Gasteiger partial charge in [0.1, 0.15) is 0 Å². The normalized spacial score (nSPS) is 11.2. The van der Waals surface area contributed by atoms with Crippen molar-refractivity contribution in [2.45, 2.75) is 33.1 Å². The predicted octanol–water partition coefficient (Wildman–Crippen LogP) is 3.86. The molecule has 0 heterocycles. The first-order valence-electron chi connectivity index (χ1n) is 6.73. The smallest absolute Gasteiger partial charge is 0.135 e. The average molecular weight is 250 g/mol. The van der Waals surface area contributed by atoms with Gasteiger partial charge < -0.3 is 0 Å². The van der Waals surface area contributed by atoms with E-state index in [9.17, 15) is 0 Å². The van der Waals surface area contributed by atoms with Crippen LogP contribution >= 0.6 is 0 Å². The van der Waals surface area contributed by atoms with E-state index in [4.69, 9.17) is 0 Å². The quantitative estimate of drug-likeness (QED) is 0.575. The second-order valence-corrected chi connectivity index (χ2v) is 5.33. The van der Waals surface area contributed by atoms with E-state index < -0.39 is 0 Å². The van der Waals surface area contributed by atoms with E-state index in [2.05, 4.69) is 72.6 Å². The molecule has 0 saturated carbocycles. The van der Waals surface area contributed by atoms with Crippen LogP contribution in [0.25, 0.3) is 11.1 Å². The van der Waals surface area contributed by atoms with Crippen LogP contribution in [0.1, 0.15) is 37.8 Å². The molecule has 0 aliphatic heterocycles. The van der Waals surface area contributed by atoms with E-state index in [1.54, 1.807) is 0 Å². The molecule has 90 valence electrons. The van der Waals surface area contributed by atoms with E-state index in [0.29, 0.717) is 0 Å².